The highest BCUT2D eigenvalue weighted by molar-refractivity contribution is 5.61. The Morgan fingerprint density at radius 3 is 2.50 bits per heavy atom. The second-order valence-electron chi connectivity index (χ2n) is 5.12. The van der Waals surface area contributed by atoms with Crippen LogP contribution >= 0.6 is 0 Å². The van der Waals surface area contributed by atoms with Crippen LogP contribution in [-0.2, 0) is 13.0 Å². The van der Waals surface area contributed by atoms with Gasteiger partial charge in [-0.15, -0.1) is 0 Å². The van der Waals surface area contributed by atoms with Crippen molar-refractivity contribution in [2.24, 2.45) is 0 Å². The molecule has 114 valence electrons. The zero-order valence-corrected chi connectivity index (χ0v) is 13.0. The Kier molecular flexibility index (Phi) is 5.37. The second-order valence-corrected chi connectivity index (χ2v) is 5.12. The van der Waals surface area contributed by atoms with E-state index in [9.17, 15) is 4.79 Å². The van der Waals surface area contributed by atoms with Crippen LogP contribution in [0.2, 0.25) is 0 Å². The Bertz CT molecular complexity index is 724. The van der Waals surface area contributed by atoms with E-state index in [1.807, 2.05) is 30.3 Å². The van der Waals surface area contributed by atoms with Gasteiger partial charge in [-0.05, 0) is 42.3 Å². The van der Waals surface area contributed by atoms with Gasteiger partial charge in [-0.1, -0.05) is 19.4 Å². The molecular weight excluding hydrogens is 276 g/mol. The van der Waals surface area contributed by atoms with Gasteiger partial charge in [-0.2, -0.15) is 5.26 Å². The molecule has 0 aliphatic carbocycles. The molecule has 0 radical (unpaired) electrons. The number of nitrogens with zero attached hydrogens (tertiary/aromatic N) is 2. The summed E-state index contributed by atoms with van der Waals surface area (Å²) in [7, 11) is 1.63. The molecule has 0 N–H and O–H groups in total. The number of hydrogen-bond donors (Lipinski definition) is 0. The van der Waals surface area contributed by atoms with E-state index in [1.54, 1.807) is 17.7 Å². The van der Waals surface area contributed by atoms with Crippen LogP contribution < -0.4 is 10.3 Å². The maximum atomic E-state index is 12.6. The van der Waals surface area contributed by atoms with Crippen molar-refractivity contribution in [2.45, 2.75) is 32.7 Å². The van der Waals surface area contributed by atoms with Crippen molar-refractivity contribution in [3.05, 3.63) is 52.3 Å². The number of pyridine rings is 1. The van der Waals surface area contributed by atoms with Crippen LogP contribution in [0.25, 0.3) is 11.3 Å². The topological polar surface area (TPSA) is 55.0 Å². The first-order valence-electron chi connectivity index (χ1n) is 7.45. The number of nitriles is 1. The van der Waals surface area contributed by atoms with Crippen molar-refractivity contribution < 1.29 is 4.74 Å². The predicted octanol–water partition coefficient (Wildman–Crippen LogP) is 3.39. The molecule has 0 bridgehead atoms. The van der Waals surface area contributed by atoms with Gasteiger partial charge in [0.15, 0.2) is 0 Å². The first-order chi connectivity index (χ1) is 10.7. The maximum absolute atomic E-state index is 12.6. The highest BCUT2D eigenvalue weighted by atomic mass is 16.5. The molecule has 1 aromatic heterocycles. The number of hydrogen-bond acceptors (Lipinski definition) is 3. The highest BCUT2D eigenvalue weighted by Gasteiger charge is 2.10. The lowest BCUT2D eigenvalue weighted by molar-refractivity contribution is 0.415. The third-order valence-corrected chi connectivity index (χ3v) is 3.64. The Morgan fingerprint density at radius 2 is 1.91 bits per heavy atom. The van der Waals surface area contributed by atoms with Gasteiger partial charge in [-0.3, -0.25) is 4.79 Å². The fourth-order valence-corrected chi connectivity index (χ4v) is 2.40. The minimum absolute atomic E-state index is 0.0664. The Balaban J connectivity index is 2.51. The van der Waals surface area contributed by atoms with Crippen LogP contribution in [0.1, 0.15) is 25.3 Å². The van der Waals surface area contributed by atoms with Gasteiger partial charge in [-0.25, -0.2) is 0 Å². The van der Waals surface area contributed by atoms with Gasteiger partial charge in [0.25, 0.3) is 5.56 Å². The smallest absolute Gasteiger partial charge is 0.255 e. The van der Waals surface area contributed by atoms with E-state index in [0.717, 1.165) is 29.8 Å². The first kappa shape index (κ1) is 15.8. The molecule has 2 rings (SSSR count). The molecular formula is C18H20N2O2. The van der Waals surface area contributed by atoms with Gasteiger partial charge in [0.2, 0.25) is 0 Å². The largest absolute Gasteiger partial charge is 0.497 e. The molecule has 0 amide bonds. The molecule has 4 nitrogen and oxygen atoms in total. The van der Waals surface area contributed by atoms with E-state index in [-0.39, 0.29) is 12.0 Å². The normalized spacial score (nSPS) is 10.2. The number of benzene rings is 1. The van der Waals surface area contributed by atoms with Crippen LogP contribution in [0.15, 0.2) is 41.2 Å². The summed E-state index contributed by atoms with van der Waals surface area (Å²) in [5.41, 5.74) is 2.33. The molecule has 0 fully saturated rings. The van der Waals surface area contributed by atoms with Crippen molar-refractivity contribution in [3.8, 4) is 23.1 Å². The summed E-state index contributed by atoms with van der Waals surface area (Å²) in [6.45, 7) is 2.76. The van der Waals surface area contributed by atoms with Crippen LogP contribution in [0.4, 0.5) is 0 Å². The second kappa shape index (κ2) is 7.46. The summed E-state index contributed by atoms with van der Waals surface area (Å²) in [5.74, 6) is 0.785. The lowest BCUT2D eigenvalue weighted by atomic mass is 10.1. The van der Waals surface area contributed by atoms with Crippen molar-refractivity contribution in [1.82, 2.24) is 4.57 Å². The SMILES string of the molecule is CCCCn1c(-c2ccc(OC)cc2)ccc(CC#N)c1=O. The molecule has 0 atom stereocenters. The number of rotatable bonds is 6. The minimum atomic E-state index is -0.0664. The van der Waals surface area contributed by atoms with Crippen molar-refractivity contribution in [1.29, 1.82) is 5.26 Å². The van der Waals surface area contributed by atoms with Crippen molar-refractivity contribution >= 4 is 0 Å². The fourth-order valence-electron chi connectivity index (χ4n) is 2.40. The summed E-state index contributed by atoms with van der Waals surface area (Å²) < 4.78 is 6.95. The monoisotopic (exact) mass is 296 g/mol. The average molecular weight is 296 g/mol. The molecule has 22 heavy (non-hydrogen) atoms. The van der Waals surface area contributed by atoms with E-state index in [1.165, 1.54) is 0 Å². The summed E-state index contributed by atoms with van der Waals surface area (Å²) in [6, 6.07) is 13.4. The standard InChI is InChI=1S/C18H20N2O2/c1-3-4-13-20-17(10-7-15(11-12-19)18(20)21)14-5-8-16(22-2)9-6-14/h5-10H,3-4,11,13H2,1-2H3. The molecule has 0 aliphatic heterocycles. The number of ether oxygens (including phenoxy) is 1. The van der Waals surface area contributed by atoms with Crippen LogP contribution in [0.5, 0.6) is 5.75 Å². The van der Waals surface area contributed by atoms with Gasteiger partial charge >= 0.3 is 0 Å². The molecule has 0 spiro atoms. The number of unbranched alkanes of at least 4 members (excludes halogenated alkanes) is 1. The summed E-state index contributed by atoms with van der Waals surface area (Å²) in [6.07, 6.45) is 2.09. The fraction of sp³-hybridized carbons (Fsp3) is 0.333. The lowest BCUT2D eigenvalue weighted by Crippen LogP contribution is -2.25. The van der Waals surface area contributed by atoms with E-state index in [2.05, 4.69) is 13.0 Å². The van der Waals surface area contributed by atoms with Gasteiger partial charge in [0.05, 0.1) is 25.3 Å². The molecule has 0 aliphatic rings. The highest BCUT2D eigenvalue weighted by Crippen LogP contribution is 2.22. The van der Waals surface area contributed by atoms with Gasteiger partial charge in [0, 0.05) is 12.1 Å². The van der Waals surface area contributed by atoms with Crippen molar-refractivity contribution in [3.63, 3.8) is 0 Å². The quantitative estimate of drug-likeness (QED) is 0.821. The minimum Gasteiger partial charge on any atom is -0.497 e. The summed E-state index contributed by atoms with van der Waals surface area (Å²) >= 11 is 0. The number of aromatic nitrogens is 1. The average Bonchev–Trinajstić information content (AvgIpc) is 2.56. The van der Waals surface area contributed by atoms with E-state index in [4.69, 9.17) is 10.00 Å². The summed E-state index contributed by atoms with van der Waals surface area (Å²) in [5, 5.41) is 8.84. The first-order valence-corrected chi connectivity index (χ1v) is 7.45. The third kappa shape index (κ3) is 3.37. The van der Waals surface area contributed by atoms with Crippen LogP contribution in [0, 0.1) is 11.3 Å². The van der Waals surface area contributed by atoms with Gasteiger partial charge in [0.1, 0.15) is 5.75 Å². The zero-order chi connectivity index (χ0) is 15.9. The maximum Gasteiger partial charge on any atom is 0.255 e. The van der Waals surface area contributed by atoms with Gasteiger partial charge < -0.3 is 9.30 Å². The predicted molar refractivity (Wildman–Crippen MR) is 86.9 cm³/mol. The molecule has 1 aromatic carbocycles. The van der Waals surface area contributed by atoms with Crippen molar-refractivity contribution in [2.75, 3.05) is 7.11 Å². The molecule has 4 heteroatoms. The van der Waals surface area contributed by atoms with E-state index < -0.39 is 0 Å². The Hall–Kier alpha value is -2.54. The van der Waals surface area contributed by atoms with E-state index >= 15 is 0 Å². The summed E-state index contributed by atoms with van der Waals surface area (Å²) in [4.78, 5) is 12.6. The zero-order valence-electron chi connectivity index (χ0n) is 13.0. The molecule has 1 heterocycles. The molecule has 0 unspecified atom stereocenters. The molecule has 0 saturated carbocycles. The lowest BCUT2D eigenvalue weighted by Gasteiger charge is -2.14. The Labute approximate surface area is 130 Å². The third-order valence-electron chi connectivity index (χ3n) is 3.64. The van der Waals surface area contributed by atoms with Crippen LogP contribution in [0.3, 0.4) is 0 Å². The molecule has 2 aromatic rings. The van der Waals surface area contributed by atoms with E-state index in [0.29, 0.717) is 12.1 Å². The Morgan fingerprint density at radius 1 is 1.18 bits per heavy atom. The number of methoxy groups -OCH3 is 1. The van der Waals surface area contributed by atoms with Crippen LogP contribution in [-0.4, -0.2) is 11.7 Å². The molecule has 0 saturated heterocycles.